The van der Waals surface area contributed by atoms with Gasteiger partial charge in [0.1, 0.15) is 0 Å². The molecule has 0 aliphatic heterocycles. The molecule has 0 aliphatic rings. The van der Waals surface area contributed by atoms with E-state index in [4.69, 9.17) is 4.55 Å². The van der Waals surface area contributed by atoms with Gasteiger partial charge in [-0.2, -0.15) is 8.42 Å². The number of aryl methyl sites for hydroxylation is 3. The predicted molar refractivity (Wildman–Crippen MR) is 110 cm³/mol. The highest BCUT2D eigenvalue weighted by atomic mass is 32.2. The molecule has 148 valence electrons. The molecule has 2 heterocycles. The third-order valence-electron chi connectivity index (χ3n) is 3.92. The lowest BCUT2D eigenvalue weighted by atomic mass is 10.0. The van der Waals surface area contributed by atoms with Crippen molar-refractivity contribution in [2.45, 2.75) is 33.2 Å². The Morgan fingerprint density at radius 2 is 1.71 bits per heavy atom. The van der Waals surface area contributed by atoms with Crippen LogP contribution in [0, 0.1) is 20.8 Å². The quantitative estimate of drug-likeness (QED) is 0.502. The van der Waals surface area contributed by atoms with Crippen molar-refractivity contribution in [3.63, 3.8) is 0 Å². The Kier molecular flexibility index (Phi) is 5.92. The fourth-order valence-electron chi connectivity index (χ4n) is 2.81. The SMILES string of the molecule is Cc1cc(C)nc(N[C@@H](Cc2ccc(NS(=O)(=O)O)cc2)c2csc(C)n2)n1. The predicted octanol–water partition coefficient (Wildman–Crippen LogP) is 3.47. The number of benzene rings is 1. The summed E-state index contributed by atoms with van der Waals surface area (Å²) >= 11 is 1.57. The van der Waals surface area contributed by atoms with Crippen LogP contribution in [0.25, 0.3) is 0 Å². The fraction of sp³-hybridized carbons (Fsp3) is 0.278. The van der Waals surface area contributed by atoms with Gasteiger partial charge in [-0.25, -0.2) is 15.0 Å². The van der Waals surface area contributed by atoms with Crippen molar-refractivity contribution in [1.82, 2.24) is 15.0 Å². The normalized spacial score (nSPS) is 12.6. The van der Waals surface area contributed by atoms with Gasteiger partial charge in [-0.3, -0.25) is 9.27 Å². The first kappa shape index (κ1) is 20.2. The Labute approximate surface area is 168 Å². The van der Waals surface area contributed by atoms with Crippen molar-refractivity contribution in [2.75, 3.05) is 10.0 Å². The third-order valence-corrected chi connectivity index (χ3v) is 5.21. The number of thiazole rings is 1. The minimum atomic E-state index is -4.29. The molecule has 8 nitrogen and oxygen atoms in total. The Hall–Kier alpha value is -2.56. The number of anilines is 2. The molecule has 0 aliphatic carbocycles. The van der Waals surface area contributed by atoms with Crippen molar-refractivity contribution < 1.29 is 13.0 Å². The zero-order valence-electron chi connectivity index (χ0n) is 15.7. The number of nitrogens with zero attached hydrogens (tertiary/aromatic N) is 3. The van der Waals surface area contributed by atoms with Crippen LogP contribution in [0.4, 0.5) is 11.6 Å². The molecule has 2 aromatic heterocycles. The summed E-state index contributed by atoms with van der Waals surface area (Å²) < 4.78 is 32.8. The van der Waals surface area contributed by atoms with Gasteiger partial charge in [-0.15, -0.1) is 11.3 Å². The van der Waals surface area contributed by atoms with Crippen molar-refractivity contribution in [3.05, 3.63) is 63.4 Å². The molecule has 1 aromatic carbocycles. The second-order valence-electron chi connectivity index (χ2n) is 6.44. The molecular formula is C18H21N5O3S2. The minimum Gasteiger partial charge on any atom is -0.345 e. The molecule has 0 radical (unpaired) electrons. The minimum absolute atomic E-state index is 0.147. The summed E-state index contributed by atoms with van der Waals surface area (Å²) in [5.41, 5.74) is 3.91. The van der Waals surface area contributed by atoms with Crippen LogP contribution >= 0.6 is 11.3 Å². The van der Waals surface area contributed by atoms with Crippen LogP contribution in [0.2, 0.25) is 0 Å². The highest BCUT2D eigenvalue weighted by molar-refractivity contribution is 7.87. The lowest BCUT2D eigenvalue weighted by Gasteiger charge is -2.18. The topological polar surface area (TPSA) is 117 Å². The van der Waals surface area contributed by atoms with Gasteiger partial charge in [0.25, 0.3) is 0 Å². The number of aromatic nitrogens is 3. The monoisotopic (exact) mass is 419 g/mol. The zero-order chi connectivity index (χ0) is 20.3. The van der Waals surface area contributed by atoms with Gasteiger partial charge in [-0.05, 0) is 51.0 Å². The van der Waals surface area contributed by atoms with Crippen LogP contribution in [0.5, 0.6) is 0 Å². The molecule has 3 aromatic rings. The van der Waals surface area contributed by atoms with E-state index in [-0.39, 0.29) is 11.7 Å². The molecule has 0 unspecified atom stereocenters. The van der Waals surface area contributed by atoms with E-state index >= 15 is 0 Å². The average Bonchev–Trinajstić information content (AvgIpc) is 3.00. The van der Waals surface area contributed by atoms with Crippen LogP contribution in [0.15, 0.2) is 35.7 Å². The molecule has 1 atom stereocenters. The van der Waals surface area contributed by atoms with E-state index in [1.807, 2.05) is 36.9 Å². The van der Waals surface area contributed by atoms with Gasteiger partial charge in [0.15, 0.2) is 0 Å². The maximum Gasteiger partial charge on any atom is 0.357 e. The summed E-state index contributed by atoms with van der Waals surface area (Å²) in [4.78, 5) is 13.5. The number of nitrogens with one attached hydrogen (secondary N) is 2. The van der Waals surface area contributed by atoms with E-state index in [1.54, 1.807) is 35.6 Å². The summed E-state index contributed by atoms with van der Waals surface area (Å²) in [5.74, 6) is 0.540. The van der Waals surface area contributed by atoms with Crippen molar-refractivity contribution in [3.8, 4) is 0 Å². The fourth-order valence-corrected chi connectivity index (χ4v) is 3.91. The van der Waals surface area contributed by atoms with E-state index in [9.17, 15) is 8.42 Å². The number of hydrogen-bond donors (Lipinski definition) is 3. The maximum atomic E-state index is 10.9. The molecule has 0 bridgehead atoms. The second-order valence-corrected chi connectivity index (χ2v) is 8.66. The Balaban J connectivity index is 1.83. The van der Waals surface area contributed by atoms with E-state index in [1.165, 1.54) is 0 Å². The number of hydrogen-bond acceptors (Lipinski definition) is 7. The lowest BCUT2D eigenvalue weighted by molar-refractivity contribution is 0.489. The van der Waals surface area contributed by atoms with Gasteiger partial charge in [0.2, 0.25) is 5.95 Å². The molecule has 0 fully saturated rings. The van der Waals surface area contributed by atoms with Gasteiger partial charge in [0.05, 0.1) is 22.4 Å². The van der Waals surface area contributed by atoms with Crippen molar-refractivity contribution >= 4 is 33.3 Å². The summed E-state index contributed by atoms with van der Waals surface area (Å²) in [5, 5.41) is 6.33. The summed E-state index contributed by atoms with van der Waals surface area (Å²) in [6, 6.07) is 8.55. The Bertz CT molecular complexity index is 1040. The van der Waals surface area contributed by atoms with Gasteiger partial charge in [0, 0.05) is 16.8 Å². The molecule has 0 saturated carbocycles. The van der Waals surface area contributed by atoms with Gasteiger partial charge < -0.3 is 5.32 Å². The first-order valence-corrected chi connectivity index (χ1v) is 10.8. The zero-order valence-corrected chi connectivity index (χ0v) is 17.3. The third kappa shape index (κ3) is 5.72. The van der Waals surface area contributed by atoms with Crippen LogP contribution in [0.1, 0.15) is 33.7 Å². The van der Waals surface area contributed by atoms with Crippen molar-refractivity contribution in [1.29, 1.82) is 0 Å². The standard InChI is InChI=1S/C18H21N5O3S2/c1-11-8-12(2)20-18(19-11)22-16(17-10-27-13(3)21-17)9-14-4-6-15(7-5-14)23-28(24,25)26/h4-8,10,16,23H,9H2,1-3H3,(H,19,20,22)(H,24,25,26)/t16-/m0/s1. The van der Waals surface area contributed by atoms with Crippen LogP contribution < -0.4 is 10.0 Å². The van der Waals surface area contributed by atoms with Crippen LogP contribution in [0.3, 0.4) is 0 Å². The van der Waals surface area contributed by atoms with E-state index in [2.05, 4.69) is 20.3 Å². The van der Waals surface area contributed by atoms with Crippen LogP contribution in [-0.2, 0) is 16.7 Å². The first-order valence-electron chi connectivity index (χ1n) is 8.53. The summed E-state index contributed by atoms with van der Waals surface area (Å²) in [6.45, 7) is 5.79. The molecule has 28 heavy (non-hydrogen) atoms. The first-order chi connectivity index (χ1) is 13.2. The number of rotatable bonds is 7. The van der Waals surface area contributed by atoms with Gasteiger partial charge >= 0.3 is 10.3 Å². The molecule has 3 N–H and O–H groups in total. The smallest absolute Gasteiger partial charge is 0.345 e. The second kappa shape index (κ2) is 8.21. The maximum absolute atomic E-state index is 10.9. The Morgan fingerprint density at radius 3 is 2.25 bits per heavy atom. The molecule has 0 spiro atoms. The van der Waals surface area contributed by atoms with Gasteiger partial charge in [-0.1, -0.05) is 12.1 Å². The van der Waals surface area contributed by atoms with Crippen LogP contribution in [-0.4, -0.2) is 27.9 Å². The largest absolute Gasteiger partial charge is 0.357 e. The lowest BCUT2D eigenvalue weighted by Crippen LogP contribution is -2.17. The molecule has 10 heteroatoms. The summed E-state index contributed by atoms with van der Waals surface area (Å²) in [6.07, 6.45) is 0.603. The Morgan fingerprint density at radius 1 is 1.07 bits per heavy atom. The molecular weight excluding hydrogens is 398 g/mol. The molecule has 0 saturated heterocycles. The van der Waals surface area contributed by atoms with E-state index in [0.29, 0.717) is 12.4 Å². The highest BCUT2D eigenvalue weighted by Crippen LogP contribution is 2.25. The van der Waals surface area contributed by atoms with E-state index in [0.717, 1.165) is 27.7 Å². The highest BCUT2D eigenvalue weighted by Gasteiger charge is 2.17. The average molecular weight is 420 g/mol. The molecule has 3 rings (SSSR count). The molecule has 0 amide bonds. The summed E-state index contributed by atoms with van der Waals surface area (Å²) in [7, 11) is -4.29. The van der Waals surface area contributed by atoms with E-state index < -0.39 is 10.3 Å². The van der Waals surface area contributed by atoms with Crippen molar-refractivity contribution in [2.24, 2.45) is 0 Å².